The number of hydrogen-bond donors (Lipinski definition) is 6. The van der Waals surface area contributed by atoms with Crippen LogP contribution in [0.25, 0.3) is 63.0 Å². The second-order valence-electron chi connectivity index (χ2n) is 29.0. The van der Waals surface area contributed by atoms with E-state index in [-0.39, 0.29) is 54.5 Å². The van der Waals surface area contributed by atoms with Crippen molar-refractivity contribution in [2.24, 2.45) is 0 Å². The number of thiazole rings is 3. The molecule has 6 atom stereocenters. The van der Waals surface area contributed by atoms with Crippen LogP contribution in [0.15, 0.2) is 128 Å². The Hall–Kier alpha value is -10.2. The van der Waals surface area contributed by atoms with E-state index in [1.54, 1.807) is 48.7 Å². The number of piperidine rings is 3. The fourth-order valence-corrected chi connectivity index (χ4v) is 18.1. The number of nitrogens with zero attached hydrogens (tertiary/aromatic N) is 9. The quantitative estimate of drug-likeness (QED) is 0.0556. The molecule has 0 bridgehead atoms. The minimum atomic E-state index is -0.435. The van der Waals surface area contributed by atoms with E-state index in [1.807, 2.05) is 133 Å². The maximum atomic E-state index is 12.8. The fraction of sp³-hybridized carbons (Fsp3) is 0.393. The predicted octanol–water partition coefficient (Wildman–Crippen LogP) is 15.9. The lowest BCUT2D eigenvalue weighted by Crippen LogP contribution is -2.47. The fourth-order valence-electron chi connectivity index (χ4n) is 15.2. The van der Waals surface area contributed by atoms with Gasteiger partial charge in [0.05, 0.1) is 86.1 Å². The van der Waals surface area contributed by atoms with Crippen LogP contribution in [0.1, 0.15) is 168 Å². The van der Waals surface area contributed by atoms with Gasteiger partial charge in [-0.05, 0) is 223 Å². The van der Waals surface area contributed by atoms with Gasteiger partial charge in [0, 0.05) is 74.5 Å². The molecule has 24 heteroatoms. The third kappa shape index (κ3) is 17.6. The van der Waals surface area contributed by atoms with E-state index in [9.17, 15) is 45.5 Å². The van der Waals surface area contributed by atoms with Crippen LogP contribution >= 0.6 is 34.0 Å². The third-order valence-electron chi connectivity index (χ3n) is 20.2. The Morgan fingerprint density at radius 2 is 0.722 bits per heavy atom. The number of urea groups is 3. The van der Waals surface area contributed by atoms with Crippen LogP contribution < -0.4 is 30.2 Å². The molecule has 0 unspecified atom stereocenters. The van der Waals surface area contributed by atoms with Crippen molar-refractivity contribution in [3.05, 3.63) is 178 Å². The highest BCUT2D eigenvalue weighted by molar-refractivity contribution is 7.19. The Morgan fingerprint density at radius 3 is 0.981 bits per heavy atom. The highest BCUT2D eigenvalue weighted by Gasteiger charge is 2.34. The number of amides is 6. The number of likely N-dealkylation sites (tertiary alicyclic amines) is 3. The Morgan fingerprint density at radius 1 is 0.435 bits per heavy atom. The van der Waals surface area contributed by atoms with Gasteiger partial charge in [0.1, 0.15) is 50.5 Å². The molecule has 6 aliphatic rings. The Bertz CT molecular complexity index is 4420. The van der Waals surface area contributed by atoms with Gasteiger partial charge >= 0.3 is 18.1 Å². The molecule has 6 N–H and O–H groups in total. The number of nitriles is 3. The van der Waals surface area contributed by atoms with Crippen molar-refractivity contribution < 1.29 is 43.9 Å². The zero-order valence-corrected chi connectivity index (χ0v) is 64.0. The van der Waals surface area contributed by atoms with E-state index in [4.69, 9.17) is 14.2 Å². The molecule has 3 aliphatic heterocycles. The molecule has 0 radical (unpaired) electrons. The number of ether oxygens (including phenoxy) is 3. The van der Waals surface area contributed by atoms with Gasteiger partial charge in [-0.3, -0.25) is 0 Å². The highest BCUT2D eigenvalue weighted by Crippen LogP contribution is 2.46. The minimum Gasteiger partial charge on any atom is -0.490 e. The summed E-state index contributed by atoms with van der Waals surface area (Å²) in [6, 6.07) is 41.8. The van der Waals surface area contributed by atoms with Crippen molar-refractivity contribution in [1.29, 1.82) is 15.8 Å². The number of carbonyl (C=O) groups excluding carboxylic acids is 3. The van der Waals surface area contributed by atoms with Crippen molar-refractivity contribution >= 4 is 52.1 Å². The summed E-state index contributed by atoms with van der Waals surface area (Å²) in [7, 11) is 0. The number of benzene rings is 6. The Labute approximate surface area is 642 Å². The van der Waals surface area contributed by atoms with Crippen LogP contribution in [-0.4, -0.2) is 139 Å². The summed E-state index contributed by atoms with van der Waals surface area (Å²) in [6.07, 6.45) is 14.3. The molecular weight excluding hydrogens is 1420 g/mol. The first-order valence-corrected chi connectivity index (χ1v) is 39.8. The monoisotopic (exact) mass is 1510 g/mol. The molecule has 6 amide bonds. The van der Waals surface area contributed by atoms with E-state index in [0.29, 0.717) is 73.2 Å². The average Bonchev–Trinajstić information content (AvgIpc) is 1.64. The Balaban J connectivity index is 0.000000143. The van der Waals surface area contributed by atoms with Crippen molar-refractivity contribution in [2.75, 3.05) is 39.3 Å². The van der Waals surface area contributed by atoms with Crippen LogP contribution in [0.3, 0.4) is 0 Å². The SMILES string of the molecule is CC(C)Oc1ccc(-c2ncc(-c3cccc4c3CC[C@H]4NC(=O)N3CCC[C@@H](O)C3)s2)cc1C#N.CC(C)Oc1ccc(-c2ncc(-c3cccc4c3CC[C@H]4NC(=O)N3CCC[C@H](O)C3)s2)cc1C#N.CC(C)Oc1ccc(-c2ncc(-c3cccc4c3CC[C@H]4NC(=O)N3CCC[C@H](O)C3)s2)cc1C#N. The molecule has 15 rings (SSSR count). The first-order valence-electron chi connectivity index (χ1n) is 37.4. The molecule has 108 heavy (non-hydrogen) atoms. The summed E-state index contributed by atoms with van der Waals surface area (Å²) >= 11 is 4.79. The molecular formula is C84H90N12O9S3. The predicted molar refractivity (Wildman–Crippen MR) is 420 cm³/mol. The van der Waals surface area contributed by atoms with Crippen molar-refractivity contribution in [1.82, 2.24) is 45.6 Å². The summed E-state index contributed by atoms with van der Waals surface area (Å²) in [5.41, 5.74) is 14.8. The zero-order chi connectivity index (χ0) is 75.7. The second-order valence-corrected chi connectivity index (χ2v) is 32.1. The molecule has 3 saturated heterocycles. The number of fused-ring (bicyclic) bond motifs is 3. The summed E-state index contributed by atoms with van der Waals surface area (Å²) in [5.74, 6) is 1.75. The average molecular weight is 1510 g/mol. The maximum Gasteiger partial charge on any atom is 0.317 e. The van der Waals surface area contributed by atoms with Gasteiger partial charge in [0.2, 0.25) is 0 Å². The molecule has 3 aliphatic carbocycles. The number of nitrogens with one attached hydrogen (secondary N) is 3. The maximum absolute atomic E-state index is 12.8. The topological polar surface area (TPSA) is 295 Å². The first kappa shape index (κ1) is 76.0. The highest BCUT2D eigenvalue weighted by atomic mass is 32.1. The molecule has 558 valence electrons. The van der Waals surface area contributed by atoms with E-state index >= 15 is 0 Å². The number of aromatic nitrogens is 3. The molecule has 0 saturated carbocycles. The summed E-state index contributed by atoms with van der Waals surface area (Å²) in [6.45, 7) is 14.9. The van der Waals surface area contributed by atoms with E-state index < -0.39 is 18.3 Å². The number of hydrogen-bond acceptors (Lipinski definition) is 18. The van der Waals surface area contributed by atoms with Gasteiger partial charge in [-0.25, -0.2) is 29.3 Å². The molecule has 21 nitrogen and oxygen atoms in total. The summed E-state index contributed by atoms with van der Waals surface area (Å²) in [5, 5.41) is 70.6. The number of carbonyl (C=O) groups is 3. The van der Waals surface area contributed by atoms with Gasteiger partial charge in [-0.1, -0.05) is 54.6 Å². The van der Waals surface area contributed by atoms with Crippen LogP contribution in [0, 0.1) is 34.0 Å². The van der Waals surface area contributed by atoms with E-state index in [0.717, 1.165) is 157 Å². The van der Waals surface area contributed by atoms with Crippen LogP contribution in [-0.2, 0) is 19.3 Å². The van der Waals surface area contributed by atoms with Crippen LogP contribution in [0.4, 0.5) is 14.4 Å². The minimum absolute atomic E-state index is 0.00496. The lowest BCUT2D eigenvalue weighted by Gasteiger charge is -2.31. The lowest BCUT2D eigenvalue weighted by atomic mass is 10.0. The molecule has 3 fully saturated rings. The third-order valence-corrected chi connectivity index (χ3v) is 23.4. The van der Waals surface area contributed by atoms with Crippen LogP contribution in [0.2, 0.25) is 0 Å². The van der Waals surface area contributed by atoms with Gasteiger partial charge in [-0.2, -0.15) is 15.8 Å². The van der Waals surface area contributed by atoms with Crippen LogP contribution in [0.5, 0.6) is 17.2 Å². The number of aliphatic hydroxyl groups is 3. The normalized spacial score (nSPS) is 19.1. The van der Waals surface area contributed by atoms with Crippen molar-refractivity contribution in [3.63, 3.8) is 0 Å². The second kappa shape index (κ2) is 34.3. The molecule has 0 spiro atoms. The largest absolute Gasteiger partial charge is 0.490 e. The molecule has 6 aromatic carbocycles. The van der Waals surface area contributed by atoms with Gasteiger partial charge in [-0.15, -0.1) is 34.0 Å². The number of β-amino-alcohol motifs (C(OH)–C–C–N with tert-alkyl or cyclic N) is 3. The summed E-state index contributed by atoms with van der Waals surface area (Å²) < 4.78 is 17.2. The van der Waals surface area contributed by atoms with E-state index in [2.05, 4.69) is 85.5 Å². The Kier molecular flexibility index (Phi) is 24.2. The zero-order valence-electron chi connectivity index (χ0n) is 61.6. The summed E-state index contributed by atoms with van der Waals surface area (Å²) in [4.78, 5) is 60.8. The standard InChI is InChI=1S/3C28H30N4O3S/c3*1-17(2)35-25-11-8-18(13-19(25)14-29)27-30-15-26(36-27)23-7-3-6-22-21(23)9-10-24(22)31-28(34)32-12-4-5-20(33)16-32/h3*3,6-8,11,13,15,17,20,24,33H,4-5,9-10,12,16H2,1-2H3,(H,31,34)/t2*20-,24+;20-,24-/m001/s1. The molecule has 9 aromatic rings. The molecule has 6 heterocycles. The first-order chi connectivity index (χ1) is 52.3. The number of rotatable bonds is 15. The molecule has 3 aromatic heterocycles. The smallest absolute Gasteiger partial charge is 0.317 e. The van der Waals surface area contributed by atoms with Crippen molar-refractivity contribution in [3.8, 4) is 98.5 Å². The van der Waals surface area contributed by atoms with Gasteiger partial charge < -0.3 is 60.2 Å². The van der Waals surface area contributed by atoms with E-state index in [1.165, 1.54) is 16.7 Å². The van der Waals surface area contributed by atoms with Gasteiger partial charge in [0.15, 0.2) is 0 Å². The van der Waals surface area contributed by atoms with Crippen molar-refractivity contribution in [2.45, 2.75) is 173 Å². The lowest BCUT2D eigenvalue weighted by molar-refractivity contribution is 0.0833. The number of aliphatic hydroxyl groups excluding tert-OH is 3. The van der Waals surface area contributed by atoms with Gasteiger partial charge in [0.25, 0.3) is 0 Å².